The van der Waals surface area contributed by atoms with Crippen molar-refractivity contribution in [2.24, 2.45) is 4.99 Å². The number of guanidine groups is 1. The van der Waals surface area contributed by atoms with Crippen LogP contribution in [0.1, 0.15) is 42.9 Å². The smallest absolute Gasteiger partial charge is 0.191 e. The third kappa shape index (κ3) is 8.25. The molecule has 8 heteroatoms. The normalized spacial score (nSPS) is 15.2. The summed E-state index contributed by atoms with van der Waals surface area (Å²) in [4.78, 5) is 8.58. The highest BCUT2D eigenvalue weighted by molar-refractivity contribution is 14.0. The standard InChI is InChI=1S/C23H34N4O2S.HI/c1-4-24-23(25-10-12-27-11-8-22-19(16-27)9-13-30-22)26-15-21(28)18-6-5-7-20(14-18)29-17(2)3;/h5-7,9,13-14,17,21,28H,4,8,10-12,15-16H2,1-3H3,(H2,24,25,26);1H. The zero-order chi connectivity index (χ0) is 21.3. The van der Waals surface area contributed by atoms with Gasteiger partial charge in [-0.1, -0.05) is 12.1 Å². The molecule has 1 aliphatic rings. The number of rotatable bonds is 9. The zero-order valence-electron chi connectivity index (χ0n) is 18.6. The lowest BCUT2D eigenvalue weighted by Gasteiger charge is -2.27. The number of thiophene rings is 1. The first-order valence-corrected chi connectivity index (χ1v) is 11.7. The molecule has 0 saturated heterocycles. The molecule has 1 unspecified atom stereocenters. The van der Waals surface area contributed by atoms with Gasteiger partial charge in [-0.05, 0) is 61.9 Å². The predicted octanol–water partition coefficient (Wildman–Crippen LogP) is 3.80. The summed E-state index contributed by atoms with van der Waals surface area (Å²) in [6, 6.07) is 9.85. The fourth-order valence-electron chi connectivity index (χ4n) is 3.52. The quantitative estimate of drug-likeness (QED) is 0.248. The fraction of sp³-hybridized carbons (Fsp3) is 0.522. The summed E-state index contributed by atoms with van der Waals surface area (Å²) < 4.78 is 5.72. The van der Waals surface area contributed by atoms with Crippen LogP contribution >= 0.6 is 35.3 Å². The minimum atomic E-state index is -0.671. The minimum absolute atomic E-state index is 0. The number of fused-ring (bicyclic) bond motifs is 1. The van der Waals surface area contributed by atoms with Crippen molar-refractivity contribution in [2.75, 3.05) is 32.7 Å². The topological polar surface area (TPSA) is 69.1 Å². The van der Waals surface area contributed by atoms with E-state index in [1.807, 2.05) is 56.4 Å². The van der Waals surface area contributed by atoms with Crippen molar-refractivity contribution >= 4 is 41.3 Å². The van der Waals surface area contributed by atoms with Crippen molar-refractivity contribution in [1.82, 2.24) is 15.5 Å². The highest BCUT2D eigenvalue weighted by atomic mass is 127. The van der Waals surface area contributed by atoms with E-state index in [1.54, 1.807) is 0 Å². The number of aliphatic hydroxyl groups is 1. The van der Waals surface area contributed by atoms with Crippen LogP contribution in [0, 0.1) is 0 Å². The van der Waals surface area contributed by atoms with E-state index in [0.29, 0.717) is 6.54 Å². The monoisotopic (exact) mass is 558 g/mol. The first-order valence-electron chi connectivity index (χ1n) is 10.8. The summed E-state index contributed by atoms with van der Waals surface area (Å²) in [6.07, 6.45) is 0.578. The lowest BCUT2D eigenvalue weighted by Crippen LogP contribution is -2.42. The van der Waals surface area contributed by atoms with Crippen molar-refractivity contribution in [3.05, 3.63) is 51.7 Å². The number of aliphatic hydroxyl groups excluding tert-OH is 1. The molecule has 0 radical (unpaired) electrons. The molecule has 0 spiro atoms. The Bertz CT molecular complexity index is 827. The molecule has 1 aromatic carbocycles. The van der Waals surface area contributed by atoms with E-state index >= 15 is 0 Å². The van der Waals surface area contributed by atoms with Crippen LogP contribution in [0.25, 0.3) is 0 Å². The summed E-state index contributed by atoms with van der Waals surface area (Å²) in [5.74, 6) is 1.50. The van der Waals surface area contributed by atoms with E-state index in [0.717, 1.165) is 56.4 Å². The molecule has 6 nitrogen and oxygen atoms in total. The third-order valence-corrected chi connectivity index (χ3v) is 6.01. The van der Waals surface area contributed by atoms with Crippen molar-refractivity contribution in [3.8, 4) is 5.75 Å². The number of aliphatic imine (C=N–C) groups is 1. The van der Waals surface area contributed by atoms with Gasteiger partial charge in [0.2, 0.25) is 0 Å². The number of hydrogen-bond donors (Lipinski definition) is 3. The van der Waals surface area contributed by atoms with Gasteiger partial charge in [0.1, 0.15) is 5.75 Å². The molecule has 0 bridgehead atoms. The van der Waals surface area contributed by atoms with Crippen LogP contribution in [0.4, 0.5) is 0 Å². The molecule has 0 saturated carbocycles. The number of benzene rings is 1. The van der Waals surface area contributed by atoms with Gasteiger partial charge in [0.15, 0.2) is 5.96 Å². The molecule has 2 aromatic rings. The van der Waals surface area contributed by atoms with Gasteiger partial charge in [-0.15, -0.1) is 35.3 Å². The van der Waals surface area contributed by atoms with E-state index in [-0.39, 0.29) is 30.1 Å². The van der Waals surface area contributed by atoms with Gasteiger partial charge < -0.3 is 20.5 Å². The van der Waals surface area contributed by atoms with E-state index in [2.05, 4.69) is 32.0 Å². The Morgan fingerprint density at radius 2 is 2.13 bits per heavy atom. The molecule has 0 amide bonds. The molecule has 3 rings (SSSR count). The molecule has 2 heterocycles. The lowest BCUT2D eigenvalue weighted by atomic mass is 10.1. The molecule has 31 heavy (non-hydrogen) atoms. The van der Waals surface area contributed by atoms with Crippen molar-refractivity contribution in [2.45, 2.75) is 45.9 Å². The first kappa shape index (κ1) is 25.9. The second-order valence-electron chi connectivity index (χ2n) is 7.80. The summed E-state index contributed by atoms with van der Waals surface area (Å²) in [5.41, 5.74) is 2.28. The molecule has 172 valence electrons. The fourth-order valence-corrected chi connectivity index (χ4v) is 4.41. The summed E-state index contributed by atoms with van der Waals surface area (Å²) in [6.45, 7) is 11.0. The number of halogens is 1. The Morgan fingerprint density at radius 1 is 1.29 bits per heavy atom. The van der Waals surface area contributed by atoms with Crippen LogP contribution in [0.2, 0.25) is 0 Å². The van der Waals surface area contributed by atoms with Gasteiger partial charge in [0.05, 0.1) is 18.8 Å². The van der Waals surface area contributed by atoms with E-state index in [4.69, 9.17) is 4.74 Å². The van der Waals surface area contributed by atoms with Gasteiger partial charge in [-0.3, -0.25) is 9.89 Å². The number of ether oxygens (including phenoxy) is 1. The van der Waals surface area contributed by atoms with Gasteiger partial charge in [0.25, 0.3) is 0 Å². The summed E-state index contributed by atoms with van der Waals surface area (Å²) >= 11 is 1.87. The summed E-state index contributed by atoms with van der Waals surface area (Å²) in [7, 11) is 0. The van der Waals surface area contributed by atoms with Gasteiger partial charge in [-0.25, -0.2) is 0 Å². The predicted molar refractivity (Wildman–Crippen MR) is 140 cm³/mol. The average molecular weight is 559 g/mol. The molecule has 1 aromatic heterocycles. The van der Waals surface area contributed by atoms with Crippen molar-refractivity contribution in [3.63, 3.8) is 0 Å². The van der Waals surface area contributed by atoms with Crippen LogP contribution < -0.4 is 15.4 Å². The van der Waals surface area contributed by atoms with Crippen molar-refractivity contribution < 1.29 is 9.84 Å². The maximum atomic E-state index is 10.6. The maximum absolute atomic E-state index is 10.6. The van der Waals surface area contributed by atoms with E-state index in [1.165, 1.54) is 10.4 Å². The average Bonchev–Trinajstić information content (AvgIpc) is 3.19. The molecule has 0 aliphatic carbocycles. The minimum Gasteiger partial charge on any atom is -0.491 e. The highest BCUT2D eigenvalue weighted by Crippen LogP contribution is 2.23. The number of hydrogen-bond acceptors (Lipinski definition) is 5. The van der Waals surface area contributed by atoms with Crippen LogP contribution in [0.3, 0.4) is 0 Å². The van der Waals surface area contributed by atoms with Crippen LogP contribution in [-0.2, 0) is 13.0 Å². The molecular formula is C23H35IN4O2S. The molecule has 0 fully saturated rings. The summed E-state index contributed by atoms with van der Waals surface area (Å²) in [5, 5.41) is 19.4. The lowest BCUT2D eigenvalue weighted by molar-refractivity contribution is 0.185. The van der Waals surface area contributed by atoms with Gasteiger partial charge in [-0.2, -0.15) is 0 Å². The zero-order valence-corrected chi connectivity index (χ0v) is 21.8. The van der Waals surface area contributed by atoms with Crippen LogP contribution in [-0.4, -0.2) is 54.8 Å². The Balaban J connectivity index is 0.00000341. The Hall–Kier alpha value is -1.36. The Kier molecular flexibility index (Phi) is 11.1. The highest BCUT2D eigenvalue weighted by Gasteiger charge is 2.16. The molecule has 1 atom stereocenters. The van der Waals surface area contributed by atoms with Crippen LogP contribution in [0.15, 0.2) is 40.7 Å². The third-order valence-electron chi connectivity index (χ3n) is 4.99. The number of nitrogens with one attached hydrogen (secondary N) is 2. The SMILES string of the molecule is CCNC(=NCC(O)c1cccc(OC(C)C)c1)NCCN1CCc2sccc2C1.I. The first-order chi connectivity index (χ1) is 14.5. The Morgan fingerprint density at radius 3 is 2.90 bits per heavy atom. The number of nitrogens with zero attached hydrogens (tertiary/aromatic N) is 2. The molecule has 1 aliphatic heterocycles. The Labute approximate surface area is 207 Å². The van der Waals surface area contributed by atoms with E-state index in [9.17, 15) is 5.11 Å². The second kappa shape index (κ2) is 13.2. The van der Waals surface area contributed by atoms with Gasteiger partial charge in [0, 0.05) is 37.6 Å². The largest absolute Gasteiger partial charge is 0.491 e. The molecule has 3 N–H and O–H groups in total. The van der Waals surface area contributed by atoms with Gasteiger partial charge >= 0.3 is 0 Å². The maximum Gasteiger partial charge on any atom is 0.191 e. The molecular weight excluding hydrogens is 523 g/mol. The second-order valence-corrected chi connectivity index (χ2v) is 8.80. The van der Waals surface area contributed by atoms with E-state index < -0.39 is 6.10 Å². The van der Waals surface area contributed by atoms with Crippen molar-refractivity contribution in [1.29, 1.82) is 0 Å². The van der Waals surface area contributed by atoms with Crippen LogP contribution in [0.5, 0.6) is 5.75 Å².